The van der Waals surface area contributed by atoms with Gasteiger partial charge in [-0.25, -0.2) is 4.98 Å². The number of alkyl halides is 3. The van der Waals surface area contributed by atoms with Gasteiger partial charge in [0.2, 0.25) is 0 Å². The summed E-state index contributed by atoms with van der Waals surface area (Å²) in [7, 11) is 0. The molecule has 150 valence electrons. The molecular formula is C19H14ClF3N4O2. The average Bonchev–Trinajstić information content (AvgIpc) is 2.68. The second-order valence-electron chi connectivity index (χ2n) is 6.25. The van der Waals surface area contributed by atoms with Crippen LogP contribution < -0.4 is 10.9 Å². The Morgan fingerprint density at radius 3 is 2.59 bits per heavy atom. The number of hydrogen-bond acceptors (Lipinski definition) is 5. The molecule has 1 atom stereocenters. The Morgan fingerprint density at radius 2 is 2.00 bits per heavy atom. The van der Waals surface area contributed by atoms with Crippen molar-refractivity contribution in [2.45, 2.75) is 19.1 Å². The van der Waals surface area contributed by atoms with Gasteiger partial charge < -0.3 is 10.4 Å². The molecule has 2 N–H and O–H groups in total. The second-order valence-corrected chi connectivity index (χ2v) is 6.65. The maximum atomic E-state index is 13.3. The van der Waals surface area contributed by atoms with Crippen molar-refractivity contribution in [2.75, 3.05) is 11.9 Å². The molecule has 0 spiro atoms. The monoisotopic (exact) mass is 422 g/mol. The summed E-state index contributed by atoms with van der Waals surface area (Å²) in [5, 5.41) is 21.9. The molecular weight excluding hydrogens is 409 g/mol. The van der Waals surface area contributed by atoms with Crippen molar-refractivity contribution in [2.24, 2.45) is 0 Å². The molecule has 29 heavy (non-hydrogen) atoms. The molecule has 0 fully saturated rings. The van der Waals surface area contributed by atoms with Crippen molar-refractivity contribution in [1.82, 2.24) is 9.55 Å². The van der Waals surface area contributed by atoms with Gasteiger partial charge in [-0.05, 0) is 31.2 Å². The highest BCUT2D eigenvalue weighted by atomic mass is 35.5. The molecule has 6 nitrogen and oxygen atoms in total. The van der Waals surface area contributed by atoms with Gasteiger partial charge in [-0.3, -0.25) is 9.36 Å². The molecule has 1 aromatic carbocycles. The van der Waals surface area contributed by atoms with Gasteiger partial charge in [-0.15, -0.1) is 0 Å². The van der Waals surface area contributed by atoms with Crippen LogP contribution in [0, 0.1) is 11.3 Å². The van der Waals surface area contributed by atoms with E-state index in [2.05, 4.69) is 10.3 Å². The minimum Gasteiger partial charge on any atom is -0.394 e. The number of aromatic nitrogens is 2. The van der Waals surface area contributed by atoms with E-state index >= 15 is 0 Å². The number of hydrogen-bond donors (Lipinski definition) is 2. The lowest BCUT2D eigenvalue weighted by Crippen LogP contribution is -2.28. The zero-order valence-corrected chi connectivity index (χ0v) is 15.7. The van der Waals surface area contributed by atoms with Crippen molar-refractivity contribution in [3.63, 3.8) is 0 Å². The molecule has 0 saturated heterocycles. The number of halogens is 4. The Kier molecular flexibility index (Phi) is 5.50. The number of anilines is 1. The van der Waals surface area contributed by atoms with E-state index in [1.54, 1.807) is 25.1 Å². The first-order chi connectivity index (χ1) is 13.7. The van der Waals surface area contributed by atoms with E-state index in [1.807, 2.05) is 0 Å². The number of nitrogens with zero attached hydrogens (tertiary/aromatic N) is 3. The Labute approximate surface area is 167 Å². The van der Waals surface area contributed by atoms with E-state index in [-0.39, 0.29) is 39.6 Å². The van der Waals surface area contributed by atoms with Gasteiger partial charge in [0.25, 0.3) is 5.56 Å². The lowest BCUT2D eigenvalue weighted by atomic mass is 10.1. The summed E-state index contributed by atoms with van der Waals surface area (Å²) < 4.78 is 40.7. The fourth-order valence-electron chi connectivity index (χ4n) is 2.82. The summed E-state index contributed by atoms with van der Waals surface area (Å²) in [5.41, 5.74) is -2.64. The topological polar surface area (TPSA) is 90.9 Å². The number of nitriles is 1. The molecule has 0 aliphatic heterocycles. The molecule has 2 heterocycles. The van der Waals surface area contributed by atoms with Crippen molar-refractivity contribution >= 4 is 28.3 Å². The van der Waals surface area contributed by atoms with Crippen molar-refractivity contribution in [3.8, 4) is 11.8 Å². The van der Waals surface area contributed by atoms with Crippen molar-refractivity contribution in [1.29, 1.82) is 5.26 Å². The molecule has 3 aromatic rings. The van der Waals surface area contributed by atoms with Crippen LogP contribution in [0.25, 0.3) is 16.7 Å². The Balaban J connectivity index is 2.51. The van der Waals surface area contributed by atoms with Crippen LogP contribution in [0.1, 0.15) is 18.2 Å². The van der Waals surface area contributed by atoms with Crippen molar-refractivity contribution in [3.05, 3.63) is 63.0 Å². The number of pyridine rings is 2. The van der Waals surface area contributed by atoms with E-state index in [9.17, 15) is 28.3 Å². The van der Waals surface area contributed by atoms with E-state index in [0.29, 0.717) is 0 Å². The second kappa shape index (κ2) is 7.73. The molecule has 2 aromatic heterocycles. The van der Waals surface area contributed by atoms with E-state index in [0.717, 1.165) is 16.7 Å². The zero-order chi connectivity index (χ0) is 21.3. The molecule has 1 unspecified atom stereocenters. The normalized spacial score (nSPS) is 12.6. The van der Waals surface area contributed by atoms with Gasteiger partial charge >= 0.3 is 6.18 Å². The highest BCUT2D eigenvalue weighted by Crippen LogP contribution is 2.33. The van der Waals surface area contributed by atoms with E-state index in [4.69, 9.17) is 11.6 Å². The van der Waals surface area contributed by atoms with Crippen LogP contribution in [0.3, 0.4) is 0 Å². The van der Waals surface area contributed by atoms with Crippen LogP contribution >= 0.6 is 11.6 Å². The van der Waals surface area contributed by atoms with E-state index in [1.165, 1.54) is 12.1 Å². The number of benzene rings is 1. The van der Waals surface area contributed by atoms with Crippen LogP contribution in [0.4, 0.5) is 18.9 Å². The maximum Gasteiger partial charge on any atom is 0.433 e. The minimum atomic E-state index is -4.74. The summed E-state index contributed by atoms with van der Waals surface area (Å²) in [5.74, 6) is 0. The largest absolute Gasteiger partial charge is 0.433 e. The first kappa shape index (κ1) is 20.6. The van der Waals surface area contributed by atoms with Gasteiger partial charge in [0.05, 0.1) is 23.0 Å². The number of rotatable bonds is 4. The van der Waals surface area contributed by atoms with Crippen LogP contribution in [-0.2, 0) is 6.18 Å². The summed E-state index contributed by atoms with van der Waals surface area (Å²) >= 11 is 6.16. The predicted octanol–water partition coefficient (Wildman–Crippen LogP) is 3.72. The number of nitrogens with one attached hydrogen (secondary N) is 1. The Bertz CT molecular complexity index is 1190. The summed E-state index contributed by atoms with van der Waals surface area (Å²) in [6.07, 6.45) is -4.74. The molecule has 0 radical (unpaired) electrons. The molecule has 10 heteroatoms. The SMILES string of the molecule is CC(CO)Nc1c(C#N)c(=O)n(-c2ccccc2Cl)c2nc(C(F)(F)F)ccc12. The Morgan fingerprint density at radius 1 is 1.31 bits per heavy atom. The van der Waals surface area contributed by atoms with Gasteiger partial charge in [-0.1, -0.05) is 23.7 Å². The average molecular weight is 423 g/mol. The van der Waals surface area contributed by atoms with Gasteiger partial charge in [-0.2, -0.15) is 18.4 Å². The lowest BCUT2D eigenvalue weighted by molar-refractivity contribution is -0.141. The molecule has 3 rings (SSSR count). The third kappa shape index (κ3) is 3.77. The maximum absolute atomic E-state index is 13.3. The third-order valence-electron chi connectivity index (χ3n) is 4.18. The highest BCUT2D eigenvalue weighted by Gasteiger charge is 2.33. The van der Waals surface area contributed by atoms with Gasteiger partial charge in [0, 0.05) is 11.4 Å². The fraction of sp³-hybridized carbons (Fsp3) is 0.211. The quantitative estimate of drug-likeness (QED) is 0.668. The van der Waals surface area contributed by atoms with Crippen LogP contribution in [0.2, 0.25) is 5.02 Å². The van der Waals surface area contributed by atoms with Gasteiger partial charge in [0.15, 0.2) is 0 Å². The molecule has 0 aliphatic carbocycles. The molecule has 0 bridgehead atoms. The fourth-order valence-corrected chi connectivity index (χ4v) is 3.04. The van der Waals surface area contributed by atoms with Crippen LogP contribution in [0.15, 0.2) is 41.2 Å². The first-order valence-corrected chi connectivity index (χ1v) is 8.76. The number of aliphatic hydroxyl groups is 1. The number of fused-ring (bicyclic) bond motifs is 1. The summed E-state index contributed by atoms with van der Waals surface area (Å²) in [4.78, 5) is 16.7. The summed E-state index contributed by atoms with van der Waals surface area (Å²) in [6.45, 7) is 1.26. The molecule has 0 saturated carbocycles. The van der Waals surface area contributed by atoms with Gasteiger partial charge in [0.1, 0.15) is 23.0 Å². The minimum absolute atomic E-state index is 0.00132. The molecule has 0 amide bonds. The first-order valence-electron chi connectivity index (χ1n) is 8.38. The third-order valence-corrected chi connectivity index (χ3v) is 4.50. The lowest BCUT2D eigenvalue weighted by Gasteiger charge is -2.19. The van der Waals surface area contributed by atoms with Crippen molar-refractivity contribution < 1.29 is 18.3 Å². The van der Waals surface area contributed by atoms with Crippen LogP contribution in [-0.4, -0.2) is 27.3 Å². The highest BCUT2D eigenvalue weighted by molar-refractivity contribution is 6.32. The number of aliphatic hydroxyl groups excluding tert-OH is 1. The Hall–Kier alpha value is -3.09. The summed E-state index contributed by atoms with van der Waals surface area (Å²) in [6, 6.07) is 9.17. The number of para-hydroxylation sites is 1. The molecule has 0 aliphatic rings. The smallest absolute Gasteiger partial charge is 0.394 e. The van der Waals surface area contributed by atoms with E-state index < -0.39 is 23.5 Å². The van der Waals surface area contributed by atoms with Crippen LogP contribution in [0.5, 0.6) is 0 Å². The zero-order valence-electron chi connectivity index (χ0n) is 15.0. The predicted molar refractivity (Wildman–Crippen MR) is 102 cm³/mol. The standard InChI is InChI=1S/C19H14ClF3N4O2/c1-10(9-28)25-16-11-6-7-15(19(21,22)23)26-17(11)27(18(29)12(16)8-24)14-5-3-2-4-13(14)20/h2-7,10,25,28H,9H2,1H3.